The molecule has 0 bridgehead atoms. The zero-order valence-electron chi connectivity index (χ0n) is 18.3. The number of amides is 1. The first-order valence-electron chi connectivity index (χ1n) is 11.0. The number of hydrogen-bond donors (Lipinski definition) is 2. The molecule has 1 saturated carbocycles. The van der Waals surface area contributed by atoms with Crippen LogP contribution in [0, 0.1) is 22.7 Å². The topological polar surface area (TPSA) is 107 Å². The molecule has 2 fully saturated rings. The maximum Gasteiger partial charge on any atom is 0.224 e. The Balaban J connectivity index is 1.31. The van der Waals surface area contributed by atoms with Gasteiger partial charge < -0.3 is 19.9 Å². The molecule has 0 unspecified atom stereocenters. The Hall–Kier alpha value is -3.60. The molecule has 2 aliphatic rings. The second-order valence-corrected chi connectivity index (χ2v) is 8.86. The van der Waals surface area contributed by atoms with Gasteiger partial charge >= 0.3 is 0 Å². The Morgan fingerprint density at radius 1 is 1.38 bits per heavy atom. The largest absolute Gasteiger partial charge is 0.496 e. The minimum absolute atomic E-state index is 0.00435. The number of benzene rings is 1. The second kappa shape index (κ2) is 7.83. The summed E-state index contributed by atoms with van der Waals surface area (Å²) < 4.78 is 5.46. The number of nitriles is 1. The van der Waals surface area contributed by atoms with Gasteiger partial charge in [-0.05, 0) is 49.8 Å². The second-order valence-electron chi connectivity index (χ2n) is 8.86. The molecule has 1 aromatic carbocycles. The van der Waals surface area contributed by atoms with E-state index in [-0.39, 0.29) is 23.3 Å². The van der Waals surface area contributed by atoms with Gasteiger partial charge in [0.15, 0.2) is 0 Å². The lowest BCUT2D eigenvalue weighted by Crippen LogP contribution is -2.48. The highest BCUT2D eigenvalue weighted by Crippen LogP contribution is 2.56. The number of carbonyl (C=O) groups excluding carboxylic acids is 1. The first-order chi connectivity index (χ1) is 15.5. The van der Waals surface area contributed by atoms with Gasteiger partial charge in [-0.1, -0.05) is 6.07 Å². The van der Waals surface area contributed by atoms with Crippen molar-refractivity contribution >= 4 is 22.8 Å². The summed E-state index contributed by atoms with van der Waals surface area (Å²) in [5, 5.41) is 13.4. The van der Waals surface area contributed by atoms with Crippen LogP contribution in [0.2, 0.25) is 0 Å². The molecule has 1 amide bonds. The summed E-state index contributed by atoms with van der Waals surface area (Å²) in [5.41, 5.74) is 2.25. The number of nitrogens with zero attached hydrogens (tertiary/aromatic N) is 4. The average molecular weight is 431 g/mol. The van der Waals surface area contributed by atoms with Crippen LogP contribution in [0.1, 0.15) is 43.4 Å². The number of aromatic amines is 1. The van der Waals surface area contributed by atoms with E-state index in [1.165, 1.54) is 0 Å². The van der Waals surface area contributed by atoms with E-state index < -0.39 is 0 Å². The smallest absolute Gasteiger partial charge is 0.224 e. The molecule has 32 heavy (non-hydrogen) atoms. The summed E-state index contributed by atoms with van der Waals surface area (Å²) in [4.78, 5) is 27.6. The molecule has 5 rings (SSSR count). The van der Waals surface area contributed by atoms with E-state index in [1.54, 1.807) is 25.6 Å². The molecular weight excluding hydrogens is 404 g/mol. The number of rotatable bonds is 5. The van der Waals surface area contributed by atoms with Crippen molar-refractivity contribution in [3.8, 4) is 11.8 Å². The number of ether oxygens (including phenoxy) is 1. The normalized spacial score (nSPS) is 20.0. The van der Waals surface area contributed by atoms with E-state index in [9.17, 15) is 4.79 Å². The quantitative estimate of drug-likeness (QED) is 0.643. The number of fused-ring (bicyclic) bond motifs is 1. The first-order valence-corrected chi connectivity index (χ1v) is 11.0. The number of anilines is 1. The molecule has 0 radical (unpaired) electrons. The molecule has 1 aliphatic carbocycles. The third-order valence-corrected chi connectivity index (χ3v) is 6.96. The Bertz CT molecular complexity index is 1210. The number of nitrogens with one attached hydrogen (secondary N) is 2. The molecule has 3 heterocycles. The molecule has 1 aliphatic heterocycles. The molecule has 2 atom stereocenters. The molecule has 1 saturated heterocycles. The minimum atomic E-state index is -0.208. The SMILES string of the molecule is COc1cc(C#N)ccc1[C@H](C)NC(=O)[C@H]1CCN(c2ncnc3[nH]ccc23)CC12CC2. The van der Waals surface area contributed by atoms with Crippen LogP contribution in [0.15, 0.2) is 36.8 Å². The Morgan fingerprint density at radius 2 is 2.22 bits per heavy atom. The zero-order valence-corrected chi connectivity index (χ0v) is 18.3. The maximum atomic E-state index is 13.3. The molecule has 8 heteroatoms. The fourth-order valence-corrected chi connectivity index (χ4v) is 5.06. The lowest BCUT2D eigenvalue weighted by molar-refractivity contribution is -0.128. The third-order valence-electron chi connectivity index (χ3n) is 6.96. The predicted octanol–water partition coefficient (Wildman–Crippen LogP) is 3.32. The number of hydrogen-bond acceptors (Lipinski definition) is 6. The van der Waals surface area contributed by atoms with Crippen molar-refractivity contribution in [3.05, 3.63) is 47.9 Å². The summed E-state index contributed by atoms with van der Waals surface area (Å²) in [7, 11) is 1.58. The predicted molar refractivity (Wildman–Crippen MR) is 120 cm³/mol. The fourth-order valence-electron chi connectivity index (χ4n) is 5.06. The van der Waals surface area contributed by atoms with E-state index >= 15 is 0 Å². The monoisotopic (exact) mass is 430 g/mol. The zero-order chi connectivity index (χ0) is 22.3. The summed E-state index contributed by atoms with van der Waals surface area (Å²) in [6, 6.07) is 9.25. The van der Waals surface area contributed by atoms with Crippen molar-refractivity contribution in [2.24, 2.45) is 11.3 Å². The Morgan fingerprint density at radius 3 is 2.97 bits per heavy atom. The van der Waals surface area contributed by atoms with E-state index in [0.29, 0.717) is 11.3 Å². The summed E-state index contributed by atoms with van der Waals surface area (Å²) in [5.74, 6) is 1.63. The van der Waals surface area contributed by atoms with Crippen molar-refractivity contribution in [1.82, 2.24) is 20.3 Å². The van der Waals surface area contributed by atoms with Gasteiger partial charge in [-0.25, -0.2) is 9.97 Å². The summed E-state index contributed by atoms with van der Waals surface area (Å²) in [6.07, 6.45) is 6.38. The fraction of sp³-hybridized carbons (Fsp3) is 0.417. The maximum absolute atomic E-state index is 13.3. The van der Waals surface area contributed by atoms with E-state index in [0.717, 1.165) is 54.8 Å². The standard InChI is InChI=1S/C24H26N6O2/c1-15(17-4-3-16(12-25)11-20(17)32-2)29-23(31)19-6-10-30(13-24(19)7-8-24)22-18-5-9-26-21(18)27-14-28-22/h3-5,9,11,14-15,19H,6-8,10,13H2,1-2H3,(H,29,31)(H,26,27,28)/t15-,19+/m0/s1. The van der Waals surface area contributed by atoms with Gasteiger partial charge in [-0.3, -0.25) is 4.79 Å². The molecule has 8 nitrogen and oxygen atoms in total. The van der Waals surface area contributed by atoms with Gasteiger partial charge in [0, 0.05) is 30.8 Å². The number of piperidine rings is 1. The van der Waals surface area contributed by atoms with E-state index in [1.807, 2.05) is 25.3 Å². The van der Waals surface area contributed by atoms with Crippen molar-refractivity contribution in [2.75, 3.05) is 25.1 Å². The van der Waals surface area contributed by atoms with Crippen LogP contribution in [0.5, 0.6) is 5.75 Å². The number of methoxy groups -OCH3 is 1. The highest BCUT2D eigenvalue weighted by Gasteiger charge is 2.55. The number of H-pyrrole nitrogens is 1. The lowest BCUT2D eigenvalue weighted by atomic mass is 9.81. The van der Waals surface area contributed by atoms with Crippen LogP contribution < -0.4 is 15.0 Å². The molecule has 164 valence electrons. The van der Waals surface area contributed by atoms with E-state index in [2.05, 4.69) is 31.2 Å². The lowest BCUT2D eigenvalue weighted by Gasteiger charge is -2.39. The highest BCUT2D eigenvalue weighted by molar-refractivity contribution is 5.88. The Labute approximate surface area is 186 Å². The molecule has 1 spiro atoms. The molecule has 2 aromatic heterocycles. The van der Waals surface area contributed by atoms with Crippen molar-refractivity contribution in [3.63, 3.8) is 0 Å². The van der Waals surface area contributed by atoms with Crippen LogP contribution in [0.3, 0.4) is 0 Å². The van der Waals surface area contributed by atoms with Crippen molar-refractivity contribution in [1.29, 1.82) is 5.26 Å². The molecular formula is C24H26N6O2. The summed E-state index contributed by atoms with van der Waals surface area (Å²) in [6.45, 7) is 3.57. The third kappa shape index (κ3) is 3.44. The van der Waals surface area contributed by atoms with Gasteiger partial charge in [-0.2, -0.15) is 5.26 Å². The first kappa shape index (κ1) is 20.3. The van der Waals surface area contributed by atoms with Gasteiger partial charge in [0.05, 0.1) is 30.2 Å². The summed E-state index contributed by atoms with van der Waals surface area (Å²) >= 11 is 0. The molecule has 2 N–H and O–H groups in total. The van der Waals surface area contributed by atoms with Gasteiger partial charge in [0.25, 0.3) is 0 Å². The minimum Gasteiger partial charge on any atom is -0.496 e. The van der Waals surface area contributed by atoms with Gasteiger partial charge in [0.1, 0.15) is 23.5 Å². The number of aromatic nitrogens is 3. The molecule has 3 aromatic rings. The Kier molecular flexibility index (Phi) is 4.97. The van der Waals surface area contributed by atoms with Crippen LogP contribution in [-0.2, 0) is 4.79 Å². The highest BCUT2D eigenvalue weighted by atomic mass is 16.5. The van der Waals surface area contributed by atoms with Crippen LogP contribution in [-0.4, -0.2) is 41.1 Å². The van der Waals surface area contributed by atoms with Crippen LogP contribution in [0.25, 0.3) is 11.0 Å². The van der Waals surface area contributed by atoms with Crippen molar-refractivity contribution < 1.29 is 9.53 Å². The van der Waals surface area contributed by atoms with Gasteiger partial charge in [0.2, 0.25) is 5.91 Å². The van der Waals surface area contributed by atoms with E-state index in [4.69, 9.17) is 10.00 Å². The van der Waals surface area contributed by atoms with Gasteiger partial charge in [-0.15, -0.1) is 0 Å². The van der Waals surface area contributed by atoms with Crippen LogP contribution in [0.4, 0.5) is 5.82 Å². The van der Waals surface area contributed by atoms with Crippen molar-refractivity contribution in [2.45, 2.75) is 32.2 Å². The van der Waals surface area contributed by atoms with Crippen LogP contribution >= 0.6 is 0 Å². The number of carbonyl (C=O) groups is 1. The average Bonchev–Trinajstić information content (AvgIpc) is 3.39.